The average Bonchev–Trinajstić information content (AvgIpc) is 3.14. The molecule has 0 radical (unpaired) electrons. The van der Waals surface area contributed by atoms with Gasteiger partial charge in [0.15, 0.2) is 5.75 Å². The minimum Gasteiger partial charge on any atom is -0.504 e. The third-order valence-corrected chi connectivity index (χ3v) is 7.39. The predicted molar refractivity (Wildman–Crippen MR) is 119 cm³/mol. The van der Waals surface area contributed by atoms with Gasteiger partial charge in [0.05, 0.1) is 10.7 Å². The van der Waals surface area contributed by atoms with Gasteiger partial charge in [0.2, 0.25) is 15.5 Å². The summed E-state index contributed by atoms with van der Waals surface area (Å²) in [5.41, 5.74) is -2.88. The number of hydrogen-bond acceptors (Lipinski definition) is 8. The van der Waals surface area contributed by atoms with Crippen molar-refractivity contribution in [1.82, 2.24) is 9.62 Å². The summed E-state index contributed by atoms with van der Waals surface area (Å²) in [5.74, 6) is -0.731. The van der Waals surface area contributed by atoms with Crippen LogP contribution in [0.5, 0.6) is 5.75 Å². The molecular weight excluding hydrogens is 485 g/mol. The molecule has 10 nitrogen and oxygen atoms in total. The summed E-state index contributed by atoms with van der Waals surface area (Å²) in [5, 5.41) is 15.1. The van der Waals surface area contributed by atoms with Crippen molar-refractivity contribution in [1.29, 1.82) is 0 Å². The smallest absolute Gasteiger partial charge is 0.407 e. The number of phenolic OH excluding ortho intramolecular Hbond substituents is 1. The van der Waals surface area contributed by atoms with Gasteiger partial charge < -0.3 is 20.5 Å². The van der Waals surface area contributed by atoms with Crippen LogP contribution in [-0.2, 0) is 14.8 Å². The molecule has 1 fully saturated rings. The van der Waals surface area contributed by atoms with Crippen LogP contribution in [0, 0.1) is 0 Å². The summed E-state index contributed by atoms with van der Waals surface area (Å²) in [7, 11) is -4.27. The molecule has 1 amide bonds. The number of carbonyl (C=O) groups excluding carboxylic acids is 1. The van der Waals surface area contributed by atoms with Crippen LogP contribution >= 0.6 is 23.2 Å². The predicted octanol–water partition coefficient (Wildman–Crippen LogP) is 2.33. The van der Waals surface area contributed by atoms with Crippen molar-refractivity contribution in [3.63, 3.8) is 0 Å². The van der Waals surface area contributed by atoms with E-state index < -0.39 is 49.3 Å². The first kappa shape index (κ1) is 24.3. The number of sulfonamides is 1. The highest BCUT2D eigenvalue weighted by atomic mass is 35.5. The van der Waals surface area contributed by atoms with E-state index in [2.05, 4.69) is 10.6 Å². The number of alkyl carbamates (subject to hydrolysis) is 1. The Morgan fingerprint density at radius 1 is 1.22 bits per heavy atom. The first-order chi connectivity index (χ1) is 14.7. The fraction of sp³-hybridized carbons (Fsp3) is 0.421. The molecule has 0 aliphatic carbocycles. The van der Waals surface area contributed by atoms with Crippen LogP contribution in [0.15, 0.2) is 26.6 Å². The molecule has 3 N–H and O–H groups in total. The molecular formula is C19H21Cl2N3O7S. The van der Waals surface area contributed by atoms with E-state index in [-0.39, 0.29) is 34.5 Å². The minimum atomic E-state index is -4.27. The Labute approximate surface area is 193 Å². The van der Waals surface area contributed by atoms with E-state index in [1.807, 2.05) is 0 Å². The zero-order valence-corrected chi connectivity index (χ0v) is 19.7. The van der Waals surface area contributed by atoms with E-state index in [1.165, 1.54) is 12.1 Å². The fourth-order valence-electron chi connectivity index (χ4n) is 3.17. The van der Waals surface area contributed by atoms with Crippen molar-refractivity contribution in [2.45, 2.75) is 43.7 Å². The zero-order chi connectivity index (χ0) is 24.0. The van der Waals surface area contributed by atoms with Gasteiger partial charge in [0, 0.05) is 19.1 Å². The highest BCUT2D eigenvalue weighted by molar-refractivity contribution is 7.89. The van der Waals surface area contributed by atoms with Gasteiger partial charge >= 0.3 is 6.09 Å². The van der Waals surface area contributed by atoms with Crippen LogP contribution < -0.4 is 21.5 Å². The molecule has 1 aliphatic rings. The number of anilines is 2. The Morgan fingerprint density at radius 2 is 1.88 bits per heavy atom. The van der Waals surface area contributed by atoms with Crippen LogP contribution in [0.25, 0.3) is 0 Å². The summed E-state index contributed by atoms with van der Waals surface area (Å²) in [6, 6.07) is 1.98. The quantitative estimate of drug-likeness (QED) is 0.415. The van der Waals surface area contributed by atoms with Gasteiger partial charge in [-0.1, -0.05) is 23.2 Å². The summed E-state index contributed by atoms with van der Waals surface area (Å²) < 4.78 is 32.6. The first-order valence-electron chi connectivity index (χ1n) is 9.49. The number of carbonyl (C=O) groups is 1. The van der Waals surface area contributed by atoms with Crippen LogP contribution in [0.2, 0.25) is 10.0 Å². The first-order valence-corrected chi connectivity index (χ1v) is 11.7. The molecule has 0 unspecified atom stereocenters. The Kier molecular flexibility index (Phi) is 6.49. The molecule has 0 saturated carbocycles. The maximum atomic E-state index is 13.2. The highest BCUT2D eigenvalue weighted by Crippen LogP contribution is 2.40. The summed E-state index contributed by atoms with van der Waals surface area (Å²) in [6.07, 6.45) is -0.341. The molecule has 13 heteroatoms. The Balaban J connectivity index is 1.82. The molecule has 1 saturated heterocycles. The molecule has 32 heavy (non-hydrogen) atoms. The van der Waals surface area contributed by atoms with Crippen molar-refractivity contribution in [3.8, 4) is 5.75 Å². The number of aromatic hydroxyl groups is 1. The number of phenols is 1. The molecule has 2 aromatic rings. The van der Waals surface area contributed by atoms with Crippen LogP contribution in [-0.4, -0.2) is 48.7 Å². The number of halogens is 2. The van der Waals surface area contributed by atoms with Crippen LogP contribution in [0.3, 0.4) is 0 Å². The molecule has 3 rings (SSSR count). The van der Waals surface area contributed by atoms with Crippen molar-refractivity contribution in [3.05, 3.63) is 42.6 Å². The number of nitrogens with zero attached hydrogens (tertiary/aromatic N) is 1. The largest absolute Gasteiger partial charge is 0.504 e. The lowest BCUT2D eigenvalue weighted by atomic mass is 10.2. The number of nitrogens with one attached hydrogen (secondary N) is 2. The minimum absolute atomic E-state index is 0.0566. The van der Waals surface area contributed by atoms with Crippen molar-refractivity contribution < 1.29 is 23.1 Å². The molecule has 0 spiro atoms. The highest BCUT2D eigenvalue weighted by Gasteiger charge is 2.37. The summed E-state index contributed by atoms with van der Waals surface area (Å²) >= 11 is 11.8. The second-order valence-corrected chi connectivity index (χ2v) is 10.9. The van der Waals surface area contributed by atoms with Gasteiger partial charge in [-0.15, -0.1) is 0 Å². The molecule has 1 atom stereocenters. The SMILES string of the molecule is CC(C)(C)OC(=O)N[C@@H]1CCN(S(=O)(=O)c2c(Cl)ccc(Nc3c(Cl)c(=O)c3=O)c2O)C1. The van der Waals surface area contributed by atoms with Gasteiger partial charge in [0.25, 0.3) is 5.43 Å². The molecule has 0 bridgehead atoms. The van der Waals surface area contributed by atoms with E-state index in [4.69, 9.17) is 27.9 Å². The monoisotopic (exact) mass is 505 g/mol. The van der Waals surface area contributed by atoms with Gasteiger partial charge in [-0.3, -0.25) is 9.59 Å². The van der Waals surface area contributed by atoms with E-state index in [1.54, 1.807) is 20.8 Å². The molecule has 174 valence electrons. The molecule has 0 aromatic heterocycles. The van der Waals surface area contributed by atoms with Crippen molar-refractivity contribution >= 4 is 50.7 Å². The lowest BCUT2D eigenvalue weighted by Crippen LogP contribution is -2.41. The number of hydrogen-bond donors (Lipinski definition) is 3. The topological polar surface area (TPSA) is 142 Å². The van der Waals surface area contributed by atoms with Crippen molar-refractivity contribution in [2.75, 3.05) is 18.4 Å². The summed E-state index contributed by atoms with van der Waals surface area (Å²) in [6.45, 7) is 5.14. The maximum absolute atomic E-state index is 13.2. The van der Waals surface area contributed by atoms with Gasteiger partial charge in [-0.2, -0.15) is 4.31 Å². The van der Waals surface area contributed by atoms with Crippen LogP contribution in [0.4, 0.5) is 16.2 Å². The van der Waals surface area contributed by atoms with Gasteiger partial charge in [-0.05, 0) is 39.3 Å². The van der Waals surface area contributed by atoms with E-state index in [0.29, 0.717) is 6.42 Å². The standard InChI is InChI=1S/C19H21Cl2N3O7S/c1-19(2,3)31-18(28)22-9-6-7-24(8-9)32(29,30)17-10(20)4-5-11(14(17)25)23-13-12(21)15(26)16(13)27/h4-5,9,23,25H,6-8H2,1-3H3,(H,22,28)/t9-/m1/s1. The second-order valence-electron chi connectivity index (χ2n) is 8.24. The molecule has 1 aliphatic heterocycles. The van der Waals surface area contributed by atoms with Gasteiger partial charge in [-0.25, -0.2) is 13.2 Å². The number of ether oxygens (including phenoxy) is 1. The Morgan fingerprint density at radius 3 is 2.47 bits per heavy atom. The van der Waals surface area contributed by atoms with E-state index >= 15 is 0 Å². The van der Waals surface area contributed by atoms with E-state index in [9.17, 15) is 27.9 Å². The molecule has 1 heterocycles. The maximum Gasteiger partial charge on any atom is 0.407 e. The second kappa shape index (κ2) is 8.54. The summed E-state index contributed by atoms with van der Waals surface area (Å²) in [4.78, 5) is 34.3. The Hall–Kier alpha value is -2.34. The fourth-order valence-corrected chi connectivity index (χ4v) is 5.48. The number of rotatable bonds is 5. The third-order valence-electron chi connectivity index (χ3n) is 4.66. The molecule has 2 aromatic carbocycles. The lowest BCUT2D eigenvalue weighted by Gasteiger charge is -2.22. The van der Waals surface area contributed by atoms with E-state index in [0.717, 1.165) is 4.31 Å². The Bertz CT molecular complexity index is 1250. The van der Waals surface area contributed by atoms with Gasteiger partial charge in [0.1, 0.15) is 21.2 Å². The normalized spacial score (nSPS) is 17.5. The van der Waals surface area contributed by atoms with Crippen molar-refractivity contribution in [2.24, 2.45) is 0 Å². The van der Waals surface area contributed by atoms with Crippen LogP contribution in [0.1, 0.15) is 27.2 Å². The number of amides is 1. The average molecular weight is 506 g/mol. The lowest BCUT2D eigenvalue weighted by molar-refractivity contribution is 0.0507. The zero-order valence-electron chi connectivity index (χ0n) is 17.4. The number of benzene rings is 1. The third kappa shape index (κ3) is 4.70.